The van der Waals surface area contributed by atoms with Crippen molar-refractivity contribution in [2.75, 3.05) is 33.6 Å². The number of nitrogens with one attached hydrogen (secondary N) is 1. The molecular formula is C39H46Cl2N2O6S. The summed E-state index contributed by atoms with van der Waals surface area (Å²) in [6.07, 6.45) is 9.63. The molecule has 8 nitrogen and oxygen atoms in total. The standard InChI is InChI=1S/C21H22Cl2N2O4S.C9H8O.C8H12O.CH4/c1-25-7-6-17-14(11-25)10-18(22)19(20(17)23)21(27)24-15(12-26)8-13-4-3-5-16(9-13)30(2,28)29;1-7-2-3-8-4-5-10-9(8)6-7;1-4-6-8(5-2)7-9-3;/h3-5,9-10,12,15H,6-8,11H2,1-2H3,(H,24,27);2-6H,1H3;4-6H,1-2,7H2,3H3;1H4/b;;8-6+;. The van der Waals surface area contributed by atoms with Crippen molar-refractivity contribution in [1.82, 2.24) is 10.2 Å². The maximum Gasteiger partial charge on any atom is 0.254 e. The summed E-state index contributed by atoms with van der Waals surface area (Å²) in [5.74, 6) is -0.539. The second-order valence-corrected chi connectivity index (χ2v) is 14.4. The molecular weight excluding hydrogens is 695 g/mol. The van der Waals surface area contributed by atoms with Crippen LogP contribution < -0.4 is 5.32 Å². The number of carbonyl (C=O) groups excluding carboxylic acids is 2. The fourth-order valence-corrected chi connectivity index (χ4v) is 6.54. The highest BCUT2D eigenvalue weighted by molar-refractivity contribution is 7.90. The van der Waals surface area contributed by atoms with Gasteiger partial charge in [0.15, 0.2) is 9.84 Å². The molecule has 3 aromatic carbocycles. The zero-order chi connectivity index (χ0) is 36.1. The van der Waals surface area contributed by atoms with Crippen LogP contribution >= 0.6 is 23.2 Å². The molecule has 1 aliphatic rings. The van der Waals surface area contributed by atoms with E-state index in [1.807, 2.05) is 25.3 Å². The molecule has 5 rings (SSSR count). The van der Waals surface area contributed by atoms with Gasteiger partial charge in [0.05, 0.1) is 39.4 Å². The van der Waals surface area contributed by atoms with Crippen molar-refractivity contribution in [3.05, 3.63) is 136 Å². The molecule has 11 heteroatoms. The Morgan fingerprint density at radius 2 is 1.88 bits per heavy atom. The van der Waals surface area contributed by atoms with Crippen molar-refractivity contribution in [1.29, 1.82) is 0 Å². The van der Waals surface area contributed by atoms with Crippen LogP contribution in [-0.2, 0) is 38.8 Å². The molecule has 1 aromatic heterocycles. The number of nitrogens with zero attached hydrogens (tertiary/aromatic N) is 1. The van der Waals surface area contributed by atoms with Crippen LogP contribution in [0.4, 0.5) is 0 Å². The average Bonchev–Trinajstić information content (AvgIpc) is 3.52. The van der Waals surface area contributed by atoms with Crippen LogP contribution in [-0.4, -0.2) is 65.1 Å². The molecule has 1 amide bonds. The quantitative estimate of drug-likeness (QED) is 0.129. The van der Waals surface area contributed by atoms with E-state index in [-0.39, 0.29) is 29.3 Å². The lowest BCUT2D eigenvalue weighted by molar-refractivity contribution is -0.109. The first-order valence-corrected chi connectivity index (χ1v) is 18.1. The van der Waals surface area contributed by atoms with Gasteiger partial charge in [0.2, 0.25) is 0 Å². The summed E-state index contributed by atoms with van der Waals surface area (Å²) in [7, 11) is 0.280. The van der Waals surface area contributed by atoms with Gasteiger partial charge in [0, 0.05) is 31.8 Å². The number of benzene rings is 3. The minimum absolute atomic E-state index is 0. The number of hydrogen-bond acceptors (Lipinski definition) is 7. The van der Waals surface area contributed by atoms with Crippen molar-refractivity contribution in [2.24, 2.45) is 0 Å². The van der Waals surface area contributed by atoms with Crippen molar-refractivity contribution in [3.63, 3.8) is 0 Å². The number of furan rings is 1. The van der Waals surface area contributed by atoms with Crippen LogP contribution in [0.3, 0.4) is 0 Å². The normalized spacial score (nSPS) is 13.3. The molecule has 1 N–H and O–H groups in total. The number of methoxy groups -OCH3 is 1. The number of rotatable bonds is 10. The van der Waals surface area contributed by atoms with Gasteiger partial charge in [0.25, 0.3) is 5.91 Å². The van der Waals surface area contributed by atoms with Crippen LogP contribution in [0.15, 0.2) is 107 Å². The van der Waals surface area contributed by atoms with Gasteiger partial charge >= 0.3 is 0 Å². The van der Waals surface area contributed by atoms with E-state index in [0.717, 1.165) is 35.1 Å². The third kappa shape index (κ3) is 12.1. The van der Waals surface area contributed by atoms with Gasteiger partial charge in [-0.25, -0.2) is 8.42 Å². The van der Waals surface area contributed by atoms with Gasteiger partial charge < -0.3 is 24.2 Å². The van der Waals surface area contributed by atoms with Crippen molar-refractivity contribution >= 4 is 56.2 Å². The Bertz CT molecular complexity index is 1930. The van der Waals surface area contributed by atoms with Gasteiger partial charge in [-0.2, -0.15) is 0 Å². The topological polar surface area (TPSA) is 106 Å². The number of amides is 1. The third-order valence-electron chi connectivity index (χ3n) is 7.60. The van der Waals surface area contributed by atoms with E-state index >= 15 is 0 Å². The maximum atomic E-state index is 12.9. The van der Waals surface area contributed by atoms with Crippen LogP contribution in [0.2, 0.25) is 10.0 Å². The number of aldehydes is 1. The fraction of sp³-hybridized carbons (Fsp3) is 0.282. The number of fused-ring (bicyclic) bond motifs is 2. The molecule has 0 bridgehead atoms. The molecule has 0 spiro atoms. The molecule has 0 fully saturated rings. The Hall–Kier alpha value is -3.99. The van der Waals surface area contributed by atoms with E-state index in [2.05, 4.69) is 42.4 Å². The molecule has 1 unspecified atom stereocenters. The van der Waals surface area contributed by atoms with E-state index in [0.29, 0.717) is 36.4 Å². The second-order valence-electron chi connectivity index (χ2n) is 11.6. The van der Waals surface area contributed by atoms with E-state index in [4.69, 9.17) is 32.4 Å². The number of carbonyl (C=O) groups is 2. The first-order chi connectivity index (χ1) is 23.3. The Labute approximate surface area is 306 Å². The molecule has 4 aromatic rings. The highest BCUT2D eigenvalue weighted by Crippen LogP contribution is 2.34. The van der Waals surface area contributed by atoms with Crippen LogP contribution in [0.5, 0.6) is 0 Å². The molecule has 1 aliphatic heterocycles. The Balaban J connectivity index is 0.000000352. The fourth-order valence-electron chi connectivity index (χ4n) is 5.09. The zero-order valence-electron chi connectivity index (χ0n) is 28.2. The van der Waals surface area contributed by atoms with E-state index in [1.54, 1.807) is 43.7 Å². The lowest BCUT2D eigenvalue weighted by Crippen LogP contribution is -2.38. The lowest BCUT2D eigenvalue weighted by atomic mass is 9.96. The first-order valence-electron chi connectivity index (χ1n) is 15.4. The van der Waals surface area contributed by atoms with E-state index in [1.165, 1.54) is 23.1 Å². The number of sulfone groups is 1. The highest BCUT2D eigenvalue weighted by atomic mass is 35.5. The molecule has 50 heavy (non-hydrogen) atoms. The molecule has 1 atom stereocenters. The second kappa shape index (κ2) is 20.0. The Kier molecular flexibility index (Phi) is 16.9. The number of halogens is 2. The van der Waals surface area contributed by atoms with Crippen molar-refractivity contribution in [2.45, 2.75) is 44.7 Å². The Morgan fingerprint density at radius 1 is 1.14 bits per heavy atom. The first kappa shape index (κ1) is 42.2. The van der Waals surface area contributed by atoms with E-state index in [9.17, 15) is 18.0 Å². The minimum atomic E-state index is -3.37. The van der Waals surface area contributed by atoms with E-state index < -0.39 is 21.8 Å². The lowest BCUT2D eigenvalue weighted by Gasteiger charge is -2.27. The summed E-state index contributed by atoms with van der Waals surface area (Å²) < 4.78 is 33.5. The van der Waals surface area contributed by atoms with Crippen LogP contribution in [0.25, 0.3) is 11.0 Å². The zero-order valence-corrected chi connectivity index (χ0v) is 30.5. The van der Waals surface area contributed by atoms with Crippen LogP contribution in [0, 0.1) is 6.92 Å². The monoisotopic (exact) mass is 740 g/mol. The van der Waals surface area contributed by atoms with Crippen molar-refractivity contribution < 1.29 is 27.2 Å². The molecule has 0 aliphatic carbocycles. The summed E-state index contributed by atoms with van der Waals surface area (Å²) in [5, 5.41) is 4.37. The summed E-state index contributed by atoms with van der Waals surface area (Å²) in [5.41, 5.74) is 5.90. The number of allylic oxidation sites excluding steroid dienone is 2. The van der Waals surface area contributed by atoms with Gasteiger partial charge in [0.1, 0.15) is 11.9 Å². The smallest absolute Gasteiger partial charge is 0.254 e. The van der Waals surface area contributed by atoms with Gasteiger partial charge in [-0.3, -0.25) is 4.79 Å². The average molecular weight is 742 g/mol. The summed E-state index contributed by atoms with van der Waals surface area (Å²) in [4.78, 5) is 26.8. The van der Waals surface area contributed by atoms with Gasteiger partial charge in [-0.15, -0.1) is 0 Å². The molecule has 268 valence electrons. The SMILES string of the molecule is C.C=C/C=C(\C=C)COC.CN1CCc2c(cc(Cl)c(C(=O)NC(C=O)Cc3cccc(S(C)(=O)=O)c3)c2Cl)C1.Cc1ccc2ccoc2c1. The predicted molar refractivity (Wildman–Crippen MR) is 205 cm³/mol. The third-order valence-corrected chi connectivity index (χ3v) is 9.43. The molecule has 0 radical (unpaired) electrons. The summed E-state index contributed by atoms with van der Waals surface area (Å²) in [6, 6.07) is 15.3. The molecule has 2 heterocycles. The Morgan fingerprint density at radius 3 is 2.52 bits per heavy atom. The summed E-state index contributed by atoms with van der Waals surface area (Å²) in [6.45, 7) is 11.3. The number of ether oxygens (including phenoxy) is 1. The van der Waals surface area contributed by atoms with Crippen molar-refractivity contribution in [3.8, 4) is 0 Å². The maximum absolute atomic E-state index is 12.9. The number of aryl methyl sites for hydroxylation is 1. The van der Waals surface area contributed by atoms with Gasteiger partial charge in [-0.1, -0.05) is 86.3 Å². The predicted octanol–water partition coefficient (Wildman–Crippen LogP) is 8.23. The van der Waals surface area contributed by atoms with Gasteiger partial charge in [-0.05, 0) is 85.0 Å². The molecule has 0 saturated carbocycles. The molecule has 0 saturated heterocycles. The summed E-state index contributed by atoms with van der Waals surface area (Å²) >= 11 is 12.9. The number of likely N-dealkylation sites (N-methyl/N-ethyl adjacent to an activating group) is 1. The number of hydrogen-bond donors (Lipinski definition) is 1. The highest BCUT2D eigenvalue weighted by Gasteiger charge is 2.25. The largest absolute Gasteiger partial charge is 0.464 e. The minimum Gasteiger partial charge on any atom is -0.464 e. The van der Waals surface area contributed by atoms with Crippen LogP contribution in [0.1, 0.15) is 40.0 Å².